The molecule has 0 heterocycles. The van der Waals surface area contributed by atoms with Crippen LogP contribution in [0, 0.1) is 17.5 Å². The number of hydrogen-bond acceptors (Lipinski definition) is 3. The summed E-state index contributed by atoms with van der Waals surface area (Å²) in [6.45, 7) is 3.65. The third kappa shape index (κ3) is 5.52. The first-order chi connectivity index (χ1) is 11.2. The van der Waals surface area contributed by atoms with E-state index in [9.17, 15) is 27.9 Å². The van der Waals surface area contributed by atoms with Crippen molar-refractivity contribution in [3.05, 3.63) is 29.6 Å². The third-order valence-corrected chi connectivity index (χ3v) is 3.46. The van der Waals surface area contributed by atoms with Gasteiger partial charge in [-0.05, 0) is 12.8 Å². The Balaban J connectivity index is 2.67. The van der Waals surface area contributed by atoms with E-state index in [1.165, 1.54) is 0 Å². The molecule has 0 aliphatic rings. The molecule has 0 saturated heterocycles. The van der Waals surface area contributed by atoms with Crippen molar-refractivity contribution < 1.29 is 27.9 Å². The van der Waals surface area contributed by atoms with Crippen LogP contribution in [0.25, 0.3) is 0 Å². The predicted octanol–water partition coefficient (Wildman–Crippen LogP) is 2.49. The van der Waals surface area contributed by atoms with Gasteiger partial charge in [0.05, 0.1) is 5.60 Å². The zero-order chi connectivity index (χ0) is 18.3. The maximum Gasteiger partial charge on any atom is 0.313 e. The molecule has 3 N–H and O–H groups in total. The van der Waals surface area contributed by atoms with Crippen molar-refractivity contribution in [2.75, 3.05) is 11.9 Å². The number of benzene rings is 1. The SMILES string of the molecule is CCCC(O)(CCC)CNC(=O)C(=O)Nc1cc(F)c(F)c(F)c1. The Morgan fingerprint density at radius 3 is 2.00 bits per heavy atom. The molecule has 0 unspecified atom stereocenters. The lowest BCUT2D eigenvalue weighted by molar-refractivity contribution is -0.137. The highest BCUT2D eigenvalue weighted by Crippen LogP contribution is 2.19. The van der Waals surface area contributed by atoms with E-state index in [0.29, 0.717) is 37.8 Å². The molecule has 134 valence electrons. The first kappa shape index (κ1) is 20.0. The number of carbonyl (C=O) groups is 2. The Labute approximate surface area is 138 Å². The molecule has 1 rings (SSSR count). The minimum Gasteiger partial charge on any atom is -0.388 e. The minimum atomic E-state index is -1.67. The first-order valence-corrected chi connectivity index (χ1v) is 7.68. The smallest absolute Gasteiger partial charge is 0.313 e. The summed E-state index contributed by atoms with van der Waals surface area (Å²) in [4.78, 5) is 23.5. The molecule has 0 spiro atoms. The van der Waals surface area contributed by atoms with Gasteiger partial charge in [0.15, 0.2) is 17.5 Å². The average Bonchev–Trinajstić information content (AvgIpc) is 2.50. The number of carbonyl (C=O) groups excluding carboxylic acids is 2. The van der Waals surface area contributed by atoms with Crippen molar-refractivity contribution in [1.29, 1.82) is 0 Å². The molecule has 1 aromatic carbocycles. The zero-order valence-electron chi connectivity index (χ0n) is 13.6. The lowest BCUT2D eigenvalue weighted by atomic mass is 9.92. The van der Waals surface area contributed by atoms with Gasteiger partial charge in [0.25, 0.3) is 0 Å². The van der Waals surface area contributed by atoms with E-state index in [1.54, 1.807) is 0 Å². The normalized spacial score (nSPS) is 11.2. The van der Waals surface area contributed by atoms with Crippen molar-refractivity contribution in [3.63, 3.8) is 0 Å². The number of aliphatic hydroxyl groups is 1. The van der Waals surface area contributed by atoms with Crippen LogP contribution in [0.5, 0.6) is 0 Å². The van der Waals surface area contributed by atoms with Crippen molar-refractivity contribution in [3.8, 4) is 0 Å². The summed E-state index contributed by atoms with van der Waals surface area (Å²) < 4.78 is 39.0. The van der Waals surface area contributed by atoms with Gasteiger partial charge in [-0.3, -0.25) is 9.59 Å². The van der Waals surface area contributed by atoms with Crippen molar-refractivity contribution >= 4 is 17.5 Å². The topological polar surface area (TPSA) is 78.4 Å². The quantitative estimate of drug-likeness (QED) is 0.524. The standard InChI is InChI=1S/C16H21F3N2O3/c1-3-5-16(24,6-4-2)9-20-14(22)15(23)21-10-7-11(17)13(19)12(18)8-10/h7-8,24H,3-6,9H2,1-2H3,(H,20,22)(H,21,23). The van der Waals surface area contributed by atoms with Crippen molar-refractivity contribution in [2.24, 2.45) is 0 Å². The number of nitrogens with one attached hydrogen (secondary N) is 2. The number of halogens is 3. The summed E-state index contributed by atoms with van der Waals surface area (Å²) in [5, 5.41) is 14.6. The molecule has 0 aliphatic carbocycles. The van der Waals surface area contributed by atoms with Crippen LogP contribution in [-0.2, 0) is 9.59 Å². The fourth-order valence-corrected chi connectivity index (χ4v) is 2.37. The van der Waals surface area contributed by atoms with Crippen LogP contribution in [0.4, 0.5) is 18.9 Å². The number of anilines is 1. The van der Waals surface area contributed by atoms with Gasteiger partial charge in [0.2, 0.25) is 0 Å². The number of hydrogen-bond donors (Lipinski definition) is 3. The van der Waals surface area contributed by atoms with Crippen LogP contribution >= 0.6 is 0 Å². The summed E-state index contributed by atoms with van der Waals surface area (Å²) in [5.74, 6) is -6.86. The first-order valence-electron chi connectivity index (χ1n) is 7.68. The fraction of sp³-hybridized carbons (Fsp3) is 0.500. The van der Waals surface area contributed by atoms with E-state index in [0.717, 1.165) is 0 Å². The van der Waals surface area contributed by atoms with E-state index >= 15 is 0 Å². The van der Waals surface area contributed by atoms with Gasteiger partial charge >= 0.3 is 11.8 Å². The lowest BCUT2D eigenvalue weighted by Gasteiger charge is -2.27. The summed E-state index contributed by atoms with van der Waals surface area (Å²) in [6, 6.07) is 1.13. The van der Waals surface area contributed by atoms with Gasteiger partial charge in [0.1, 0.15) is 0 Å². The summed E-state index contributed by atoms with van der Waals surface area (Å²) in [5.41, 5.74) is -1.50. The largest absolute Gasteiger partial charge is 0.388 e. The van der Waals surface area contributed by atoms with Crippen LogP contribution in [-0.4, -0.2) is 29.1 Å². The fourth-order valence-electron chi connectivity index (χ4n) is 2.37. The van der Waals surface area contributed by atoms with Crippen LogP contribution < -0.4 is 10.6 Å². The highest BCUT2D eigenvalue weighted by molar-refractivity contribution is 6.39. The molecular weight excluding hydrogens is 325 g/mol. The Kier molecular flexibility index (Phi) is 7.21. The maximum atomic E-state index is 13.1. The molecule has 24 heavy (non-hydrogen) atoms. The second-order valence-corrected chi connectivity index (χ2v) is 5.62. The van der Waals surface area contributed by atoms with E-state index < -0.39 is 34.9 Å². The van der Waals surface area contributed by atoms with Crippen molar-refractivity contribution in [2.45, 2.75) is 45.1 Å². The average molecular weight is 346 g/mol. The van der Waals surface area contributed by atoms with E-state index in [2.05, 4.69) is 5.32 Å². The monoisotopic (exact) mass is 346 g/mol. The van der Waals surface area contributed by atoms with Gasteiger partial charge in [-0.15, -0.1) is 0 Å². The molecule has 0 bridgehead atoms. The minimum absolute atomic E-state index is 0.118. The van der Waals surface area contributed by atoms with Gasteiger partial charge < -0.3 is 15.7 Å². The van der Waals surface area contributed by atoms with Crippen LogP contribution in [0.1, 0.15) is 39.5 Å². The molecule has 0 radical (unpaired) electrons. The molecule has 2 amide bonds. The molecule has 0 aromatic heterocycles. The Hall–Kier alpha value is -2.09. The molecule has 1 aromatic rings. The second kappa shape index (κ2) is 8.68. The summed E-state index contributed by atoms with van der Waals surface area (Å²) in [7, 11) is 0. The lowest BCUT2D eigenvalue weighted by Crippen LogP contribution is -2.46. The molecule has 8 heteroatoms. The predicted molar refractivity (Wildman–Crippen MR) is 82.7 cm³/mol. The second-order valence-electron chi connectivity index (χ2n) is 5.62. The molecule has 0 aliphatic heterocycles. The number of amides is 2. The highest BCUT2D eigenvalue weighted by Gasteiger charge is 2.27. The van der Waals surface area contributed by atoms with E-state index in [4.69, 9.17) is 0 Å². The molecular formula is C16H21F3N2O3. The van der Waals surface area contributed by atoms with Crippen LogP contribution in [0.3, 0.4) is 0 Å². The third-order valence-electron chi connectivity index (χ3n) is 3.46. The van der Waals surface area contributed by atoms with Crippen LogP contribution in [0.15, 0.2) is 12.1 Å². The van der Waals surface area contributed by atoms with E-state index in [-0.39, 0.29) is 12.2 Å². The molecule has 5 nitrogen and oxygen atoms in total. The summed E-state index contributed by atoms with van der Waals surface area (Å²) >= 11 is 0. The Bertz CT molecular complexity index is 579. The zero-order valence-corrected chi connectivity index (χ0v) is 13.6. The number of rotatable bonds is 7. The highest BCUT2D eigenvalue weighted by atomic mass is 19.2. The molecule has 0 atom stereocenters. The van der Waals surface area contributed by atoms with Gasteiger partial charge in [-0.1, -0.05) is 26.7 Å². The van der Waals surface area contributed by atoms with Gasteiger partial charge in [0, 0.05) is 24.4 Å². The Morgan fingerprint density at radius 1 is 1.04 bits per heavy atom. The van der Waals surface area contributed by atoms with E-state index in [1.807, 2.05) is 19.2 Å². The maximum absolute atomic E-state index is 13.1. The van der Waals surface area contributed by atoms with Crippen molar-refractivity contribution in [1.82, 2.24) is 5.32 Å². The van der Waals surface area contributed by atoms with Gasteiger partial charge in [-0.25, -0.2) is 13.2 Å². The van der Waals surface area contributed by atoms with Crippen LogP contribution in [0.2, 0.25) is 0 Å². The molecule has 0 fully saturated rings. The molecule has 0 saturated carbocycles. The summed E-state index contributed by atoms with van der Waals surface area (Å²) in [6.07, 6.45) is 2.31. The Morgan fingerprint density at radius 2 is 1.54 bits per heavy atom. The van der Waals surface area contributed by atoms with Gasteiger partial charge in [-0.2, -0.15) is 0 Å².